The van der Waals surface area contributed by atoms with Crippen molar-refractivity contribution in [1.29, 1.82) is 0 Å². The first kappa shape index (κ1) is 21.0. The van der Waals surface area contributed by atoms with Gasteiger partial charge in [-0.3, -0.25) is 19.8 Å². The summed E-state index contributed by atoms with van der Waals surface area (Å²) in [6.45, 7) is 0. The molecule has 1 fully saturated rings. The molecule has 0 aromatic heterocycles. The Morgan fingerprint density at radius 2 is 1.77 bits per heavy atom. The fraction of sp³-hybridized carbons (Fsp3) is 0.136. The van der Waals surface area contributed by atoms with Crippen molar-refractivity contribution < 1.29 is 19.2 Å². The first-order chi connectivity index (χ1) is 14.9. The molecule has 4 rings (SSSR count). The average molecular weight is 459 g/mol. The van der Waals surface area contributed by atoms with E-state index < -0.39 is 17.1 Å². The highest BCUT2D eigenvalue weighted by Crippen LogP contribution is 2.43. The highest BCUT2D eigenvalue weighted by molar-refractivity contribution is 6.35. The second kappa shape index (κ2) is 8.45. The van der Waals surface area contributed by atoms with Crippen LogP contribution in [0, 0.1) is 10.1 Å². The molecule has 1 aliphatic heterocycles. The van der Waals surface area contributed by atoms with E-state index in [1.165, 1.54) is 23.1 Å². The lowest BCUT2D eigenvalue weighted by Gasteiger charge is -2.46. The Bertz CT molecular complexity index is 1150. The van der Waals surface area contributed by atoms with Gasteiger partial charge in [0.1, 0.15) is 17.5 Å². The Kier molecular flexibility index (Phi) is 5.71. The summed E-state index contributed by atoms with van der Waals surface area (Å²) in [6, 6.07) is 17.2. The number of methoxy groups -OCH3 is 1. The van der Waals surface area contributed by atoms with Crippen LogP contribution in [0.5, 0.6) is 11.5 Å². The van der Waals surface area contributed by atoms with Crippen molar-refractivity contribution in [3.63, 3.8) is 0 Å². The van der Waals surface area contributed by atoms with Crippen molar-refractivity contribution in [3.05, 3.63) is 92.5 Å². The molecular weight excluding hydrogens is 443 g/mol. The van der Waals surface area contributed by atoms with Crippen LogP contribution < -0.4 is 14.4 Å². The van der Waals surface area contributed by atoms with Crippen LogP contribution in [0.2, 0.25) is 10.0 Å². The van der Waals surface area contributed by atoms with Gasteiger partial charge < -0.3 is 9.47 Å². The number of non-ortho nitro benzene ring substituents is 1. The number of nitro groups is 1. The number of ether oxygens (including phenoxy) is 2. The van der Waals surface area contributed by atoms with Crippen LogP contribution in [-0.2, 0) is 4.79 Å². The van der Waals surface area contributed by atoms with Gasteiger partial charge in [-0.05, 0) is 48.0 Å². The molecule has 1 saturated heterocycles. The van der Waals surface area contributed by atoms with Crippen LogP contribution in [0.3, 0.4) is 0 Å². The number of halogens is 2. The molecule has 9 heteroatoms. The predicted octanol–water partition coefficient (Wildman–Crippen LogP) is 5.45. The average Bonchev–Trinajstić information content (AvgIpc) is 2.77. The smallest absolute Gasteiger partial charge is 0.271 e. The van der Waals surface area contributed by atoms with Crippen LogP contribution in [0.4, 0.5) is 11.4 Å². The minimum absolute atomic E-state index is 0.0743. The van der Waals surface area contributed by atoms with Gasteiger partial charge >= 0.3 is 0 Å². The van der Waals surface area contributed by atoms with Crippen LogP contribution in [0.1, 0.15) is 11.6 Å². The maximum atomic E-state index is 13.1. The summed E-state index contributed by atoms with van der Waals surface area (Å²) in [5, 5.41) is 12.0. The first-order valence-electron chi connectivity index (χ1n) is 9.22. The van der Waals surface area contributed by atoms with E-state index in [0.717, 1.165) is 0 Å². The molecule has 3 aromatic carbocycles. The Hall–Kier alpha value is -3.29. The number of nitrogens with zero attached hydrogens (tertiary/aromatic N) is 2. The number of carbonyl (C=O) groups is 1. The molecule has 0 saturated carbocycles. The third kappa shape index (κ3) is 4.02. The van der Waals surface area contributed by atoms with E-state index in [2.05, 4.69) is 0 Å². The molecule has 0 N–H and O–H groups in total. The highest BCUT2D eigenvalue weighted by Gasteiger charge is 2.51. The summed E-state index contributed by atoms with van der Waals surface area (Å²) >= 11 is 12.2. The van der Waals surface area contributed by atoms with Crippen LogP contribution >= 0.6 is 23.2 Å². The normalized spacial score (nSPS) is 17.8. The summed E-state index contributed by atoms with van der Waals surface area (Å²) in [4.78, 5) is 25.4. The molecule has 0 spiro atoms. The van der Waals surface area contributed by atoms with E-state index in [9.17, 15) is 14.9 Å². The Morgan fingerprint density at radius 3 is 2.42 bits per heavy atom. The molecule has 3 aromatic rings. The molecule has 0 bridgehead atoms. The van der Waals surface area contributed by atoms with Crippen molar-refractivity contribution in [2.45, 2.75) is 12.1 Å². The van der Waals surface area contributed by atoms with Gasteiger partial charge in [0.2, 0.25) is 6.10 Å². The van der Waals surface area contributed by atoms with Crippen molar-refractivity contribution in [2.75, 3.05) is 12.0 Å². The quantitative estimate of drug-likeness (QED) is 0.278. The lowest BCUT2D eigenvalue weighted by atomic mass is 9.89. The van der Waals surface area contributed by atoms with Gasteiger partial charge in [0.05, 0.1) is 17.1 Å². The van der Waals surface area contributed by atoms with Gasteiger partial charge in [0, 0.05) is 22.8 Å². The molecule has 1 aliphatic rings. The molecular formula is C22H16Cl2N2O5. The number of carbonyl (C=O) groups excluding carboxylic acids is 1. The Labute approximate surface area is 187 Å². The van der Waals surface area contributed by atoms with Gasteiger partial charge in [-0.2, -0.15) is 0 Å². The zero-order valence-corrected chi connectivity index (χ0v) is 17.7. The van der Waals surface area contributed by atoms with Gasteiger partial charge in [0.15, 0.2) is 0 Å². The fourth-order valence-corrected chi connectivity index (χ4v) is 3.91. The maximum Gasteiger partial charge on any atom is 0.271 e. The largest absolute Gasteiger partial charge is 0.497 e. The van der Waals surface area contributed by atoms with Crippen molar-refractivity contribution >= 4 is 40.5 Å². The number of hydrogen-bond donors (Lipinski definition) is 0. The monoisotopic (exact) mass is 458 g/mol. The summed E-state index contributed by atoms with van der Waals surface area (Å²) in [7, 11) is 1.55. The number of β-lactam (4-membered cyclic amide) rings is 1. The first-order valence-corrected chi connectivity index (χ1v) is 9.98. The van der Waals surface area contributed by atoms with Crippen LogP contribution in [0.25, 0.3) is 0 Å². The zero-order valence-electron chi connectivity index (χ0n) is 16.2. The van der Waals surface area contributed by atoms with Crippen LogP contribution in [-0.4, -0.2) is 24.0 Å². The van der Waals surface area contributed by atoms with Gasteiger partial charge in [-0.15, -0.1) is 0 Å². The van der Waals surface area contributed by atoms with Crippen molar-refractivity contribution in [2.24, 2.45) is 0 Å². The second-order valence-electron chi connectivity index (χ2n) is 6.82. The van der Waals surface area contributed by atoms with Crippen molar-refractivity contribution in [1.82, 2.24) is 0 Å². The van der Waals surface area contributed by atoms with E-state index >= 15 is 0 Å². The van der Waals surface area contributed by atoms with Crippen LogP contribution in [0.15, 0.2) is 66.7 Å². The lowest BCUT2D eigenvalue weighted by Crippen LogP contribution is -2.61. The molecule has 1 amide bonds. The number of hydrogen-bond acceptors (Lipinski definition) is 5. The number of rotatable bonds is 6. The standard InChI is InChI=1S/C22H16Cl2N2O5/c1-30-17-8-6-15(7-9-17)25-20(13-3-2-4-16(11-13)26(28)29)21(22(25)27)31-19-10-5-14(23)12-18(19)24/h2-12,20-21H,1H3/t20-,21+/m0/s1. The van der Waals surface area contributed by atoms with E-state index in [1.807, 2.05) is 0 Å². The Balaban J connectivity index is 1.72. The zero-order chi connectivity index (χ0) is 22.1. The van der Waals surface area contributed by atoms with Gasteiger partial charge in [0.25, 0.3) is 11.6 Å². The lowest BCUT2D eigenvalue weighted by molar-refractivity contribution is -0.384. The number of benzene rings is 3. The minimum atomic E-state index is -0.914. The second-order valence-corrected chi connectivity index (χ2v) is 7.66. The summed E-state index contributed by atoms with van der Waals surface area (Å²) in [5.41, 5.74) is 1.11. The molecule has 2 atom stereocenters. The van der Waals surface area contributed by atoms with E-state index in [-0.39, 0.29) is 16.6 Å². The number of nitro benzene ring substituents is 1. The molecule has 31 heavy (non-hydrogen) atoms. The van der Waals surface area contributed by atoms with E-state index in [0.29, 0.717) is 27.8 Å². The maximum absolute atomic E-state index is 13.1. The molecule has 0 radical (unpaired) electrons. The fourth-order valence-electron chi connectivity index (χ4n) is 3.46. The SMILES string of the molecule is COc1ccc(N2C(=O)[C@H](Oc3ccc(Cl)cc3Cl)[C@@H]2c2cccc([N+](=O)[O-])c2)cc1. The predicted molar refractivity (Wildman–Crippen MR) is 117 cm³/mol. The third-order valence-electron chi connectivity index (χ3n) is 4.97. The summed E-state index contributed by atoms with van der Waals surface area (Å²) in [5.74, 6) is 0.645. The minimum Gasteiger partial charge on any atom is -0.497 e. The molecule has 0 unspecified atom stereocenters. The third-order valence-corrected chi connectivity index (χ3v) is 5.50. The molecule has 158 valence electrons. The van der Waals surface area contributed by atoms with E-state index in [4.69, 9.17) is 32.7 Å². The highest BCUT2D eigenvalue weighted by atomic mass is 35.5. The van der Waals surface area contributed by atoms with Gasteiger partial charge in [-0.1, -0.05) is 35.3 Å². The van der Waals surface area contributed by atoms with Gasteiger partial charge in [-0.25, -0.2) is 0 Å². The number of amides is 1. The summed E-state index contributed by atoms with van der Waals surface area (Å²) in [6.07, 6.45) is -0.914. The topological polar surface area (TPSA) is 81.9 Å². The number of anilines is 1. The molecule has 1 heterocycles. The molecule has 0 aliphatic carbocycles. The van der Waals surface area contributed by atoms with Crippen molar-refractivity contribution in [3.8, 4) is 11.5 Å². The molecule has 7 nitrogen and oxygen atoms in total. The Morgan fingerprint density at radius 1 is 1.03 bits per heavy atom. The summed E-state index contributed by atoms with van der Waals surface area (Å²) < 4.78 is 11.1. The van der Waals surface area contributed by atoms with E-state index in [1.54, 1.807) is 55.6 Å².